The lowest BCUT2D eigenvalue weighted by Gasteiger charge is -2.15. The molecule has 0 unspecified atom stereocenters. The molecule has 1 aromatic heterocycles. The van der Waals surface area contributed by atoms with Crippen LogP contribution in [0.1, 0.15) is 36.4 Å². The fourth-order valence-electron chi connectivity index (χ4n) is 3.18. The third kappa shape index (κ3) is 6.95. The number of hydrogen-bond acceptors (Lipinski definition) is 9. The zero-order valence-corrected chi connectivity index (χ0v) is 20.1. The van der Waals surface area contributed by atoms with Crippen LogP contribution in [0.2, 0.25) is 0 Å². The minimum Gasteiger partial charge on any atom is -0.496 e. The summed E-state index contributed by atoms with van der Waals surface area (Å²) in [5.41, 5.74) is 4.39. The van der Waals surface area contributed by atoms with Gasteiger partial charge in [-0.2, -0.15) is 10.2 Å². The van der Waals surface area contributed by atoms with Crippen molar-refractivity contribution < 1.29 is 28.1 Å². The Morgan fingerprint density at radius 1 is 1.30 bits per heavy atom. The molecule has 0 saturated carbocycles. The summed E-state index contributed by atoms with van der Waals surface area (Å²) in [7, 11) is -2.00. The topological polar surface area (TPSA) is 147 Å². The number of nitro groups is 1. The first-order valence-electron chi connectivity index (χ1n) is 10.2. The van der Waals surface area contributed by atoms with Gasteiger partial charge in [-0.3, -0.25) is 24.2 Å². The average molecular weight is 481 g/mol. The largest absolute Gasteiger partial charge is 0.496 e. The summed E-state index contributed by atoms with van der Waals surface area (Å²) >= 11 is 0. The Morgan fingerprint density at radius 3 is 2.52 bits per heavy atom. The molecule has 1 heterocycles. The number of nitrogens with one attached hydrogen (secondary N) is 1. The van der Waals surface area contributed by atoms with Crippen molar-refractivity contribution in [3.8, 4) is 5.75 Å². The lowest BCUT2D eigenvalue weighted by molar-refractivity contribution is -0.386. The van der Waals surface area contributed by atoms with Crippen LogP contribution in [0.4, 0.5) is 5.69 Å². The highest BCUT2D eigenvalue weighted by Crippen LogP contribution is 2.47. The van der Waals surface area contributed by atoms with E-state index in [1.165, 1.54) is 18.0 Å². The molecule has 0 fully saturated rings. The second-order valence-electron chi connectivity index (χ2n) is 6.90. The number of rotatable bonds is 12. The van der Waals surface area contributed by atoms with Crippen molar-refractivity contribution in [1.82, 2.24) is 15.2 Å². The molecular formula is C20H28N5O7P. The summed E-state index contributed by atoms with van der Waals surface area (Å²) in [6.45, 7) is 7.08. The van der Waals surface area contributed by atoms with Gasteiger partial charge in [0.2, 0.25) is 0 Å². The van der Waals surface area contributed by atoms with E-state index >= 15 is 0 Å². The highest BCUT2D eigenvalue weighted by molar-refractivity contribution is 7.54. The van der Waals surface area contributed by atoms with Crippen LogP contribution in [-0.4, -0.2) is 53.3 Å². The van der Waals surface area contributed by atoms with Crippen LogP contribution in [0.5, 0.6) is 5.75 Å². The Kier molecular flexibility index (Phi) is 9.27. The van der Waals surface area contributed by atoms with Gasteiger partial charge in [-0.05, 0) is 51.5 Å². The first kappa shape index (κ1) is 26.2. The number of ether oxygens (including phenoxy) is 1. The van der Waals surface area contributed by atoms with Crippen LogP contribution in [0.25, 0.3) is 0 Å². The van der Waals surface area contributed by atoms with Crippen LogP contribution in [-0.2, 0) is 25.0 Å². The molecule has 33 heavy (non-hydrogen) atoms. The average Bonchev–Trinajstić information content (AvgIpc) is 3.01. The molecule has 2 rings (SSSR count). The van der Waals surface area contributed by atoms with Crippen molar-refractivity contribution in [2.24, 2.45) is 5.10 Å². The molecule has 0 radical (unpaired) electrons. The lowest BCUT2D eigenvalue weighted by Crippen LogP contribution is -2.22. The Balaban J connectivity index is 2.15. The van der Waals surface area contributed by atoms with E-state index in [1.807, 2.05) is 0 Å². The smallest absolute Gasteiger partial charge is 0.340 e. The SMILES string of the molecule is CCOP(=O)(CC(=O)NN=Cc1ccc(OC)c(Cn2nc(C)c([N+](=O)[O-])c2C)c1)OCC. The van der Waals surface area contributed by atoms with Crippen LogP contribution >= 0.6 is 7.60 Å². The van der Waals surface area contributed by atoms with E-state index in [4.69, 9.17) is 13.8 Å². The molecule has 0 bridgehead atoms. The van der Waals surface area contributed by atoms with Crippen LogP contribution < -0.4 is 10.2 Å². The highest BCUT2D eigenvalue weighted by Gasteiger charge is 2.27. The van der Waals surface area contributed by atoms with E-state index < -0.39 is 24.6 Å². The first-order valence-corrected chi connectivity index (χ1v) is 11.9. The molecule has 0 aliphatic carbocycles. The highest BCUT2D eigenvalue weighted by atomic mass is 31.2. The third-order valence-electron chi connectivity index (χ3n) is 4.54. The Labute approximate surface area is 191 Å². The summed E-state index contributed by atoms with van der Waals surface area (Å²) in [5.74, 6) is -0.0408. The van der Waals surface area contributed by atoms with Gasteiger partial charge in [0.25, 0.3) is 5.91 Å². The number of aromatic nitrogens is 2. The van der Waals surface area contributed by atoms with Gasteiger partial charge in [0.1, 0.15) is 23.3 Å². The normalized spacial score (nSPS) is 11.7. The summed E-state index contributed by atoms with van der Waals surface area (Å²) in [6.07, 6.45) is 0.966. The quantitative estimate of drug-likeness (QED) is 0.210. The molecular weight excluding hydrogens is 453 g/mol. The maximum absolute atomic E-state index is 12.4. The number of hydrazone groups is 1. The van der Waals surface area contributed by atoms with Gasteiger partial charge in [-0.1, -0.05) is 0 Å². The van der Waals surface area contributed by atoms with E-state index in [2.05, 4.69) is 15.6 Å². The zero-order valence-electron chi connectivity index (χ0n) is 19.2. The van der Waals surface area contributed by atoms with Gasteiger partial charge in [0, 0.05) is 5.56 Å². The lowest BCUT2D eigenvalue weighted by atomic mass is 10.1. The summed E-state index contributed by atoms with van der Waals surface area (Å²) in [6, 6.07) is 5.21. The van der Waals surface area contributed by atoms with Crippen LogP contribution in [0.3, 0.4) is 0 Å². The molecule has 0 aliphatic heterocycles. The molecule has 0 saturated heterocycles. The van der Waals surface area contributed by atoms with Crippen molar-refractivity contribution in [3.63, 3.8) is 0 Å². The molecule has 180 valence electrons. The summed E-state index contributed by atoms with van der Waals surface area (Å²) < 4.78 is 29.5. The number of benzene rings is 1. The second-order valence-corrected chi connectivity index (χ2v) is 8.96. The molecule has 2 aromatic rings. The zero-order chi connectivity index (χ0) is 24.6. The van der Waals surface area contributed by atoms with E-state index in [-0.39, 0.29) is 25.4 Å². The van der Waals surface area contributed by atoms with Gasteiger partial charge in [0.15, 0.2) is 0 Å². The Hall–Kier alpha value is -3.08. The predicted octanol–water partition coefficient (Wildman–Crippen LogP) is 3.18. The monoisotopic (exact) mass is 481 g/mol. The standard InChI is InChI=1S/C20H28N5O7P/c1-6-31-33(29,32-7-2)13-19(26)22-21-11-16-8-9-18(30-5)17(10-16)12-24-15(4)20(25(27)28)14(3)23-24/h8-11H,6-7,12-13H2,1-5H3,(H,22,26). The molecule has 12 nitrogen and oxygen atoms in total. The second kappa shape index (κ2) is 11.7. The van der Waals surface area contributed by atoms with Crippen molar-refractivity contribution in [3.05, 3.63) is 50.8 Å². The van der Waals surface area contributed by atoms with Crippen molar-refractivity contribution in [1.29, 1.82) is 0 Å². The molecule has 1 N–H and O–H groups in total. The Morgan fingerprint density at radius 2 is 1.97 bits per heavy atom. The van der Waals surface area contributed by atoms with E-state index in [1.54, 1.807) is 45.9 Å². The molecule has 0 atom stereocenters. The van der Waals surface area contributed by atoms with Crippen LogP contribution in [0, 0.1) is 24.0 Å². The minimum atomic E-state index is -3.52. The van der Waals surface area contributed by atoms with E-state index in [0.29, 0.717) is 28.3 Å². The molecule has 13 heteroatoms. The number of aryl methyl sites for hydroxylation is 1. The number of methoxy groups -OCH3 is 1. The van der Waals surface area contributed by atoms with Gasteiger partial charge < -0.3 is 13.8 Å². The fourth-order valence-corrected chi connectivity index (χ4v) is 4.65. The third-order valence-corrected chi connectivity index (χ3v) is 6.52. The van der Waals surface area contributed by atoms with Gasteiger partial charge >= 0.3 is 13.3 Å². The van der Waals surface area contributed by atoms with Crippen molar-refractivity contribution >= 4 is 25.4 Å². The molecule has 1 amide bonds. The number of carbonyl (C=O) groups is 1. The maximum Gasteiger partial charge on any atom is 0.340 e. The van der Waals surface area contributed by atoms with Gasteiger partial charge in [-0.15, -0.1) is 0 Å². The Bertz CT molecular complexity index is 1070. The van der Waals surface area contributed by atoms with E-state index in [0.717, 1.165) is 0 Å². The number of hydrogen-bond donors (Lipinski definition) is 1. The van der Waals surface area contributed by atoms with E-state index in [9.17, 15) is 19.5 Å². The van der Waals surface area contributed by atoms with Crippen molar-refractivity contribution in [2.45, 2.75) is 34.2 Å². The van der Waals surface area contributed by atoms with Gasteiger partial charge in [-0.25, -0.2) is 5.43 Å². The van der Waals surface area contributed by atoms with Gasteiger partial charge in [0.05, 0.1) is 38.0 Å². The summed E-state index contributed by atoms with van der Waals surface area (Å²) in [5, 5.41) is 19.4. The molecule has 0 spiro atoms. The van der Waals surface area contributed by atoms with Crippen molar-refractivity contribution in [2.75, 3.05) is 26.5 Å². The molecule has 1 aromatic carbocycles. The number of nitrogens with zero attached hydrogens (tertiary/aromatic N) is 4. The van der Waals surface area contributed by atoms with Crippen LogP contribution in [0.15, 0.2) is 23.3 Å². The number of carbonyl (C=O) groups excluding carboxylic acids is 1. The number of amides is 1. The first-order chi connectivity index (χ1) is 15.6. The molecule has 0 aliphatic rings. The fraction of sp³-hybridized carbons (Fsp3) is 0.450. The summed E-state index contributed by atoms with van der Waals surface area (Å²) in [4.78, 5) is 22.9. The maximum atomic E-state index is 12.4. The predicted molar refractivity (Wildman–Crippen MR) is 122 cm³/mol. The minimum absolute atomic E-state index is 0.0224.